The van der Waals surface area contributed by atoms with E-state index in [4.69, 9.17) is 16.1 Å². The van der Waals surface area contributed by atoms with Gasteiger partial charge in [0.25, 0.3) is 0 Å². The van der Waals surface area contributed by atoms with Gasteiger partial charge < -0.3 is 4.52 Å². The molecule has 0 spiro atoms. The van der Waals surface area contributed by atoms with Crippen molar-refractivity contribution in [3.63, 3.8) is 0 Å². The van der Waals surface area contributed by atoms with Gasteiger partial charge in [0.05, 0.1) is 5.69 Å². The van der Waals surface area contributed by atoms with Crippen LogP contribution >= 0.6 is 11.6 Å². The summed E-state index contributed by atoms with van der Waals surface area (Å²) in [5.74, 6) is 1.90. The molecule has 1 aromatic heterocycles. The molecule has 2 aromatic rings. The molecule has 2 bridgehead atoms. The maximum Gasteiger partial charge on any atom is 0.142 e. The van der Waals surface area contributed by atoms with Crippen molar-refractivity contribution in [2.45, 2.75) is 50.1 Å². The average Bonchev–Trinajstić information content (AvgIpc) is 3.02. The number of piperidine rings is 1. The molecular weight excluding hydrogens is 296 g/mol. The van der Waals surface area contributed by atoms with E-state index in [0.717, 1.165) is 16.5 Å². The first-order valence-corrected chi connectivity index (χ1v) is 8.42. The molecule has 4 atom stereocenters. The van der Waals surface area contributed by atoms with Crippen LogP contribution in [-0.2, 0) is 0 Å². The van der Waals surface area contributed by atoms with Crippen molar-refractivity contribution >= 4 is 11.6 Å². The number of benzene rings is 1. The molecule has 0 N–H and O–H groups in total. The maximum absolute atomic E-state index is 6.06. The summed E-state index contributed by atoms with van der Waals surface area (Å²) < 4.78 is 5.68. The fourth-order valence-corrected chi connectivity index (χ4v) is 4.57. The van der Waals surface area contributed by atoms with Crippen LogP contribution in [0.4, 0.5) is 0 Å². The quantitative estimate of drug-likeness (QED) is 0.824. The molecule has 116 valence electrons. The van der Waals surface area contributed by atoms with Crippen molar-refractivity contribution < 1.29 is 4.52 Å². The van der Waals surface area contributed by atoms with E-state index in [9.17, 15) is 0 Å². The van der Waals surface area contributed by atoms with Gasteiger partial charge in [-0.1, -0.05) is 28.9 Å². The molecule has 4 rings (SSSR count). The fraction of sp³-hybridized carbons (Fsp3) is 0.500. The van der Waals surface area contributed by atoms with Crippen LogP contribution in [0.25, 0.3) is 0 Å². The topological polar surface area (TPSA) is 29.3 Å². The largest absolute Gasteiger partial charge is 0.361 e. The Kier molecular flexibility index (Phi) is 3.50. The van der Waals surface area contributed by atoms with Crippen molar-refractivity contribution in [1.29, 1.82) is 0 Å². The fourth-order valence-electron chi connectivity index (χ4n) is 4.45. The molecular formula is C18H21ClN2O. The molecule has 22 heavy (non-hydrogen) atoms. The molecule has 3 nitrogen and oxygen atoms in total. The van der Waals surface area contributed by atoms with E-state index in [2.05, 4.69) is 35.3 Å². The average molecular weight is 317 g/mol. The van der Waals surface area contributed by atoms with Gasteiger partial charge in [0.2, 0.25) is 0 Å². The highest BCUT2D eigenvalue weighted by atomic mass is 35.5. The summed E-state index contributed by atoms with van der Waals surface area (Å²) in [5, 5.41) is 4.92. The number of likely N-dealkylation sites (N-methyl/N-ethyl adjacent to an activating group) is 1. The van der Waals surface area contributed by atoms with Crippen LogP contribution in [0, 0.1) is 6.92 Å². The van der Waals surface area contributed by atoms with E-state index in [1.165, 1.54) is 24.8 Å². The molecule has 0 aliphatic carbocycles. The molecule has 1 aromatic carbocycles. The number of fused-ring (bicyclic) bond motifs is 2. The summed E-state index contributed by atoms with van der Waals surface area (Å²) in [7, 11) is 2.26. The number of rotatable bonds is 2. The van der Waals surface area contributed by atoms with Gasteiger partial charge in [0.1, 0.15) is 5.76 Å². The summed E-state index contributed by atoms with van der Waals surface area (Å²) in [5.41, 5.74) is 2.33. The lowest BCUT2D eigenvalue weighted by molar-refractivity contribution is 0.122. The minimum atomic E-state index is 0.381. The lowest BCUT2D eigenvalue weighted by atomic mass is 9.75. The van der Waals surface area contributed by atoms with Crippen molar-refractivity contribution in [2.75, 3.05) is 7.05 Å². The monoisotopic (exact) mass is 316 g/mol. The zero-order valence-corrected chi connectivity index (χ0v) is 13.8. The first-order valence-electron chi connectivity index (χ1n) is 8.04. The lowest BCUT2D eigenvalue weighted by Crippen LogP contribution is -2.44. The zero-order chi connectivity index (χ0) is 15.3. The Morgan fingerprint density at radius 1 is 1.23 bits per heavy atom. The van der Waals surface area contributed by atoms with E-state index in [0.29, 0.717) is 23.9 Å². The predicted octanol–water partition coefficient (Wildman–Crippen LogP) is 4.37. The number of halogens is 1. The van der Waals surface area contributed by atoms with E-state index in [1.54, 1.807) is 0 Å². The number of hydrogen-bond acceptors (Lipinski definition) is 3. The number of aromatic nitrogens is 1. The molecule has 2 aliphatic rings. The summed E-state index contributed by atoms with van der Waals surface area (Å²) in [6, 6.07) is 11.7. The summed E-state index contributed by atoms with van der Waals surface area (Å²) in [6.45, 7) is 1.99. The van der Waals surface area contributed by atoms with E-state index in [-0.39, 0.29) is 0 Å². The van der Waals surface area contributed by atoms with Gasteiger partial charge in [-0.3, -0.25) is 4.90 Å². The highest BCUT2D eigenvalue weighted by molar-refractivity contribution is 6.30. The van der Waals surface area contributed by atoms with Gasteiger partial charge in [-0.05, 0) is 56.8 Å². The maximum atomic E-state index is 6.06. The van der Waals surface area contributed by atoms with Gasteiger partial charge in [-0.15, -0.1) is 0 Å². The van der Waals surface area contributed by atoms with Crippen LogP contribution in [0.1, 0.15) is 48.1 Å². The van der Waals surface area contributed by atoms with Crippen LogP contribution in [-0.4, -0.2) is 29.2 Å². The van der Waals surface area contributed by atoms with E-state index < -0.39 is 0 Å². The van der Waals surface area contributed by atoms with Crippen molar-refractivity contribution in [3.05, 3.63) is 52.4 Å². The number of hydrogen-bond donors (Lipinski definition) is 0. The molecule has 2 fully saturated rings. The molecule has 4 heteroatoms. The summed E-state index contributed by atoms with van der Waals surface area (Å²) >= 11 is 6.06. The molecule has 0 amide bonds. The van der Waals surface area contributed by atoms with Gasteiger partial charge in [0, 0.05) is 29.1 Å². The van der Waals surface area contributed by atoms with E-state index >= 15 is 0 Å². The molecule has 3 heterocycles. The molecule has 0 saturated carbocycles. The third-order valence-corrected chi connectivity index (χ3v) is 5.79. The van der Waals surface area contributed by atoms with Crippen LogP contribution in [0.15, 0.2) is 34.9 Å². The SMILES string of the molecule is Cc1cc([C@H]2[C@@H](c3ccc(Cl)cc3)C[C@@H]3CC[C@H]2N3C)on1. The zero-order valence-electron chi connectivity index (χ0n) is 13.0. The normalized spacial score (nSPS) is 31.6. The summed E-state index contributed by atoms with van der Waals surface area (Å²) in [6.07, 6.45) is 3.71. The van der Waals surface area contributed by atoms with Crippen molar-refractivity contribution in [2.24, 2.45) is 0 Å². The molecule has 2 saturated heterocycles. The van der Waals surface area contributed by atoms with Crippen LogP contribution in [0.3, 0.4) is 0 Å². The van der Waals surface area contributed by atoms with E-state index in [1.807, 2.05) is 19.1 Å². The highest BCUT2D eigenvalue weighted by Gasteiger charge is 2.47. The second-order valence-electron chi connectivity index (χ2n) is 6.75. The minimum Gasteiger partial charge on any atom is -0.361 e. The van der Waals surface area contributed by atoms with Crippen LogP contribution in [0.2, 0.25) is 5.02 Å². The van der Waals surface area contributed by atoms with Crippen molar-refractivity contribution in [3.8, 4) is 0 Å². The Balaban J connectivity index is 1.76. The van der Waals surface area contributed by atoms with Crippen LogP contribution in [0.5, 0.6) is 0 Å². The van der Waals surface area contributed by atoms with Crippen LogP contribution < -0.4 is 0 Å². The Morgan fingerprint density at radius 2 is 2.00 bits per heavy atom. The third kappa shape index (κ3) is 2.27. The number of aryl methyl sites for hydroxylation is 1. The molecule has 0 radical (unpaired) electrons. The van der Waals surface area contributed by atoms with Gasteiger partial charge in [-0.25, -0.2) is 0 Å². The highest BCUT2D eigenvalue weighted by Crippen LogP contribution is 2.50. The van der Waals surface area contributed by atoms with Crippen molar-refractivity contribution in [1.82, 2.24) is 10.1 Å². The third-order valence-electron chi connectivity index (χ3n) is 5.54. The molecule has 2 aliphatic heterocycles. The number of nitrogens with zero attached hydrogens (tertiary/aromatic N) is 2. The Bertz CT molecular complexity index is 666. The lowest BCUT2D eigenvalue weighted by Gasteiger charge is -2.42. The van der Waals surface area contributed by atoms with Gasteiger partial charge in [-0.2, -0.15) is 0 Å². The first kappa shape index (κ1) is 14.3. The van der Waals surface area contributed by atoms with Gasteiger partial charge in [0.15, 0.2) is 0 Å². The Hall–Kier alpha value is -1.32. The Morgan fingerprint density at radius 3 is 2.68 bits per heavy atom. The minimum absolute atomic E-state index is 0.381. The van der Waals surface area contributed by atoms with Gasteiger partial charge >= 0.3 is 0 Å². The summed E-state index contributed by atoms with van der Waals surface area (Å²) in [4.78, 5) is 2.55. The molecule has 0 unspecified atom stereocenters. The second-order valence-corrected chi connectivity index (χ2v) is 7.19. The Labute approximate surface area is 136 Å². The predicted molar refractivity (Wildman–Crippen MR) is 87.4 cm³/mol. The standard InChI is InChI=1S/C18H21ClN2O/c1-11-9-17(22-20-11)18-15(12-3-5-13(19)6-4-12)10-14-7-8-16(18)21(14)2/h3-6,9,14-16,18H,7-8,10H2,1-2H3/t14-,15+,16+,18-/m0/s1. The smallest absolute Gasteiger partial charge is 0.142 e. The second kappa shape index (κ2) is 5.39. The first-order chi connectivity index (χ1) is 10.6.